The predicted molar refractivity (Wildman–Crippen MR) is 190 cm³/mol. The minimum Gasteiger partial charge on any atom is -0.292 e. The summed E-state index contributed by atoms with van der Waals surface area (Å²) >= 11 is 0. The Hall–Kier alpha value is -5.99. The van der Waals surface area contributed by atoms with E-state index in [0.29, 0.717) is 5.56 Å². The van der Waals surface area contributed by atoms with E-state index in [9.17, 15) is 2.74 Å². The quantitative estimate of drug-likeness (QED) is 0.190. The first-order valence-electron chi connectivity index (χ1n) is 18.3. The van der Waals surface area contributed by atoms with Crippen LogP contribution >= 0.6 is 0 Å². The molecule has 9 aromatic rings. The number of benzene rings is 8. The van der Waals surface area contributed by atoms with Gasteiger partial charge in [0.2, 0.25) is 0 Å². The molecule has 0 saturated carbocycles. The molecule has 0 saturated heterocycles. The Morgan fingerprint density at radius 1 is 0.467 bits per heavy atom. The van der Waals surface area contributed by atoms with Crippen molar-refractivity contribution in [3.8, 4) is 39.3 Å². The minimum absolute atomic E-state index is 0.0586. The minimum atomic E-state index is -0.485. The highest BCUT2D eigenvalue weighted by Crippen LogP contribution is 2.44. The summed E-state index contributed by atoms with van der Waals surface area (Å²) in [5, 5.41) is 3.15. The van der Waals surface area contributed by atoms with Crippen LogP contribution in [0.15, 0.2) is 170 Å². The van der Waals surface area contributed by atoms with E-state index in [1.54, 1.807) is 0 Å². The number of aromatic nitrogens is 2. The van der Waals surface area contributed by atoms with E-state index in [0.717, 1.165) is 60.8 Å². The highest BCUT2D eigenvalue weighted by atomic mass is 15.1. The third-order valence-electron chi connectivity index (χ3n) is 8.44. The van der Waals surface area contributed by atoms with E-state index < -0.39 is 18.1 Å². The zero-order valence-corrected chi connectivity index (χ0v) is 24.0. The van der Waals surface area contributed by atoms with Gasteiger partial charge in [0.1, 0.15) is 5.82 Å². The predicted octanol–water partition coefficient (Wildman–Crippen LogP) is 11.5. The fourth-order valence-electron chi connectivity index (χ4n) is 6.46. The summed E-state index contributed by atoms with van der Waals surface area (Å²) in [6.07, 6.45) is 0. The Morgan fingerprint density at radius 2 is 1.04 bits per heavy atom. The average Bonchev–Trinajstić information content (AvgIpc) is 3.57. The molecule has 45 heavy (non-hydrogen) atoms. The van der Waals surface area contributed by atoms with Crippen LogP contribution in [0.2, 0.25) is 0 Å². The van der Waals surface area contributed by atoms with Crippen LogP contribution in [0.25, 0.3) is 82.7 Å². The molecule has 0 radical (unpaired) electrons. The number of nitrogens with zero attached hydrogens (tertiary/aromatic N) is 2. The molecule has 0 aliphatic rings. The third-order valence-corrected chi connectivity index (χ3v) is 8.44. The lowest BCUT2D eigenvalue weighted by molar-refractivity contribution is 1.10. The molecule has 0 unspecified atom stereocenters. The molecule has 0 bridgehead atoms. The Labute approximate surface area is 271 Å². The van der Waals surface area contributed by atoms with Gasteiger partial charge in [-0.1, -0.05) is 139 Å². The molecular weight excluding hydrogens is 544 g/mol. The normalized spacial score (nSPS) is 13.7. The van der Waals surface area contributed by atoms with Gasteiger partial charge >= 0.3 is 0 Å². The molecule has 1 aromatic heterocycles. The van der Waals surface area contributed by atoms with Crippen molar-refractivity contribution in [2.45, 2.75) is 0 Å². The maximum atomic E-state index is 9.36. The average molecular weight is 580 g/mol. The molecule has 0 N–H and O–H groups in total. The highest BCUT2D eigenvalue weighted by molar-refractivity contribution is 6.21. The van der Waals surface area contributed by atoms with Crippen molar-refractivity contribution in [1.29, 1.82) is 0 Å². The van der Waals surface area contributed by atoms with Gasteiger partial charge in [0.25, 0.3) is 0 Å². The first-order chi connectivity index (χ1) is 25.3. The smallest absolute Gasteiger partial charge is 0.145 e. The van der Waals surface area contributed by atoms with Gasteiger partial charge in [-0.3, -0.25) is 4.57 Å². The molecule has 0 atom stereocenters. The second-order valence-corrected chi connectivity index (χ2v) is 11.0. The van der Waals surface area contributed by atoms with Gasteiger partial charge in [-0.2, -0.15) is 0 Å². The summed E-state index contributed by atoms with van der Waals surface area (Å²) in [6.45, 7) is 0. The van der Waals surface area contributed by atoms with Gasteiger partial charge in [-0.15, -0.1) is 0 Å². The molecule has 8 aromatic carbocycles. The van der Waals surface area contributed by atoms with Gasteiger partial charge in [0, 0.05) is 11.3 Å². The van der Waals surface area contributed by atoms with E-state index in [1.807, 2.05) is 84.9 Å². The summed E-state index contributed by atoms with van der Waals surface area (Å²) < 4.78 is 63.3. The van der Waals surface area contributed by atoms with Crippen LogP contribution in [0.1, 0.15) is 9.60 Å². The van der Waals surface area contributed by atoms with Crippen LogP contribution in [0, 0.1) is 0 Å². The lowest BCUT2D eigenvalue weighted by Gasteiger charge is -2.18. The second-order valence-electron chi connectivity index (χ2n) is 11.0. The number of fused-ring (bicyclic) bond motifs is 4. The fraction of sp³-hybridized carbons (Fsp3) is 0. The lowest BCUT2D eigenvalue weighted by atomic mass is 9.85. The topological polar surface area (TPSA) is 17.8 Å². The van der Waals surface area contributed by atoms with E-state index in [1.165, 1.54) is 0 Å². The van der Waals surface area contributed by atoms with Crippen LogP contribution in [-0.2, 0) is 0 Å². The second kappa shape index (κ2) is 10.3. The molecule has 2 heteroatoms. The molecule has 0 amide bonds. The van der Waals surface area contributed by atoms with Crippen molar-refractivity contribution < 1.29 is 9.60 Å². The standard InChI is InChI=1S/C43H28N2/c1-2-13-31(14-3-1)43-44-39-20-10-11-21-40(39)45(43)34-26-24-30(25-27-34)41-35-16-6-8-18-37(35)42(38-19-9-7-17-36(38)41)33-23-22-29-12-4-5-15-32(29)28-33/h1-28H/i4D,5D,12D,15D,22D,23D,28D. The fourth-order valence-corrected chi connectivity index (χ4v) is 6.46. The van der Waals surface area contributed by atoms with Crippen LogP contribution in [0.4, 0.5) is 0 Å². The molecule has 2 nitrogen and oxygen atoms in total. The maximum Gasteiger partial charge on any atom is 0.145 e. The first kappa shape index (κ1) is 19.3. The Kier molecular flexibility index (Phi) is 4.43. The first-order valence-corrected chi connectivity index (χ1v) is 14.8. The van der Waals surface area contributed by atoms with Crippen molar-refractivity contribution in [3.05, 3.63) is 170 Å². The number of imidazole rings is 1. The van der Waals surface area contributed by atoms with Crippen molar-refractivity contribution >= 4 is 43.4 Å². The molecule has 0 fully saturated rings. The van der Waals surface area contributed by atoms with Gasteiger partial charge in [-0.25, -0.2) is 4.98 Å². The number of hydrogen-bond donors (Lipinski definition) is 0. The Morgan fingerprint density at radius 3 is 1.73 bits per heavy atom. The van der Waals surface area contributed by atoms with Gasteiger partial charge < -0.3 is 0 Å². The molecule has 210 valence electrons. The maximum absolute atomic E-state index is 9.36. The van der Waals surface area contributed by atoms with E-state index in [-0.39, 0.29) is 40.5 Å². The third kappa shape index (κ3) is 4.15. The van der Waals surface area contributed by atoms with Crippen LogP contribution < -0.4 is 0 Å². The summed E-state index contributed by atoms with van der Waals surface area (Å²) in [5.41, 5.74) is 6.58. The van der Waals surface area contributed by atoms with Crippen molar-refractivity contribution in [2.75, 3.05) is 0 Å². The summed E-state index contributed by atoms with van der Waals surface area (Å²) in [5.74, 6) is 0.848. The molecule has 0 aliphatic carbocycles. The number of para-hydroxylation sites is 2. The van der Waals surface area contributed by atoms with E-state index >= 15 is 0 Å². The molecule has 1 heterocycles. The van der Waals surface area contributed by atoms with Crippen LogP contribution in [0.5, 0.6) is 0 Å². The largest absolute Gasteiger partial charge is 0.292 e. The van der Waals surface area contributed by atoms with Gasteiger partial charge in [0.05, 0.1) is 20.6 Å². The zero-order chi connectivity index (χ0) is 35.8. The Balaban J connectivity index is 1.30. The van der Waals surface area contributed by atoms with Crippen molar-refractivity contribution in [2.24, 2.45) is 0 Å². The van der Waals surface area contributed by atoms with Gasteiger partial charge in [0.15, 0.2) is 0 Å². The zero-order valence-electron chi connectivity index (χ0n) is 31.0. The Bertz CT molecular complexity index is 2860. The summed E-state index contributed by atoms with van der Waals surface area (Å²) in [7, 11) is 0. The van der Waals surface area contributed by atoms with Crippen molar-refractivity contribution in [1.82, 2.24) is 9.55 Å². The summed E-state index contributed by atoms with van der Waals surface area (Å²) in [6, 6.07) is 39.8. The van der Waals surface area contributed by atoms with Crippen molar-refractivity contribution in [3.63, 3.8) is 0 Å². The number of rotatable bonds is 4. The lowest BCUT2D eigenvalue weighted by Crippen LogP contribution is -1.97. The SMILES string of the molecule is [2H]c1c([2H])c([2H])c2c([2H])c(-c3c4ccccc4c(-c4ccc(-n5c(-c6ccccc6)nc6ccccc65)cc4)c4ccccc34)c([2H])c([2H])c2c1[2H]. The van der Waals surface area contributed by atoms with E-state index in [2.05, 4.69) is 47.0 Å². The van der Waals surface area contributed by atoms with Crippen LogP contribution in [0.3, 0.4) is 0 Å². The monoisotopic (exact) mass is 579 g/mol. The molecule has 9 rings (SSSR count). The van der Waals surface area contributed by atoms with Crippen LogP contribution in [-0.4, -0.2) is 9.55 Å². The summed E-state index contributed by atoms with van der Waals surface area (Å²) in [4.78, 5) is 5.00. The molecule has 0 spiro atoms. The molecule has 0 aliphatic heterocycles. The van der Waals surface area contributed by atoms with Gasteiger partial charge in [-0.05, 0) is 84.9 Å². The van der Waals surface area contributed by atoms with E-state index in [4.69, 9.17) is 11.8 Å². The number of hydrogen-bond acceptors (Lipinski definition) is 1. The molecular formula is C43H28N2. The highest BCUT2D eigenvalue weighted by Gasteiger charge is 2.18.